The lowest BCUT2D eigenvalue weighted by molar-refractivity contribution is 0.0696. The second kappa shape index (κ2) is 6.37. The monoisotopic (exact) mass is 311 g/mol. The molecule has 20 heavy (non-hydrogen) atoms. The average molecular weight is 311 g/mol. The lowest BCUT2D eigenvalue weighted by atomic mass is 10.2. The van der Waals surface area contributed by atoms with Gasteiger partial charge in [-0.25, -0.2) is 14.2 Å². The first-order valence-corrected chi connectivity index (χ1v) is 7.94. The van der Waals surface area contributed by atoms with Gasteiger partial charge in [-0.2, -0.15) is 0 Å². The molecule has 106 valence electrons. The number of hydrogen-bond donors (Lipinski definition) is 1. The minimum atomic E-state index is -1.05. The number of carboxylic acid groups (broad SMARTS) is 1. The highest BCUT2D eigenvalue weighted by Crippen LogP contribution is 2.28. The first-order chi connectivity index (χ1) is 9.47. The molecule has 0 aliphatic heterocycles. The van der Waals surface area contributed by atoms with Gasteiger partial charge in [0.05, 0.1) is 16.3 Å². The van der Waals surface area contributed by atoms with Crippen LogP contribution in [0.4, 0.5) is 4.39 Å². The summed E-state index contributed by atoms with van der Waals surface area (Å²) in [5.74, 6) is -0.545. The fourth-order valence-corrected chi connectivity index (χ4v) is 3.36. The van der Waals surface area contributed by atoms with Crippen molar-refractivity contribution in [3.8, 4) is 0 Å². The SMILES string of the molecule is CC(C)c1nc(CSc2cc(C(=O)O)ccc2F)cs1. The second-order valence-corrected chi connectivity index (χ2v) is 6.48. The number of hydrogen-bond acceptors (Lipinski definition) is 4. The molecule has 0 aliphatic carbocycles. The Bertz CT molecular complexity index is 625. The molecule has 0 atom stereocenters. The fourth-order valence-electron chi connectivity index (χ4n) is 1.55. The summed E-state index contributed by atoms with van der Waals surface area (Å²) >= 11 is 2.86. The third-order valence-corrected chi connectivity index (χ3v) is 4.88. The third kappa shape index (κ3) is 3.58. The summed E-state index contributed by atoms with van der Waals surface area (Å²) in [6, 6.07) is 3.81. The topological polar surface area (TPSA) is 50.2 Å². The number of carbonyl (C=O) groups is 1. The van der Waals surface area contributed by atoms with Crippen LogP contribution in [0.3, 0.4) is 0 Å². The summed E-state index contributed by atoms with van der Waals surface area (Å²) in [6.07, 6.45) is 0. The van der Waals surface area contributed by atoms with Crippen LogP contribution in [-0.4, -0.2) is 16.1 Å². The molecule has 1 N–H and O–H groups in total. The molecule has 6 heteroatoms. The van der Waals surface area contributed by atoms with Crippen LogP contribution in [0.25, 0.3) is 0 Å². The summed E-state index contributed by atoms with van der Waals surface area (Å²) in [6.45, 7) is 4.15. The van der Waals surface area contributed by atoms with Gasteiger partial charge in [0.25, 0.3) is 0 Å². The first-order valence-electron chi connectivity index (χ1n) is 6.07. The Morgan fingerprint density at radius 2 is 2.25 bits per heavy atom. The Hall–Kier alpha value is -1.40. The smallest absolute Gasteiger partial charge is 0.335 e. The molecule has 0 aliphatic rings. The van der Waals surface area contributed by atoms with Gasteiger partial charge < -0.3 is 5.11 Å². The van der Waals surface area contributed by atoms with Crippen LogP contribution in [-0.2, 0) is 5.75 Å². The number of aromatic carboxylic acids is 1. The van der Waals surface area contributed by atoms with Crippen LogP contribution >= 0.6 is 23.1 Å². The molecular weight excluding hydrogens is 297 g/mol. The number of thiazole rings is 1. The Morgan fingerprint density at radius 3 is 2.85 bits per heavy atom. The van der Waals surface area contributed by atoms with E-state index in [4.69, 9.17) is 5.11 Å². The molecule has 0 spiro atoms. The van der Waals surface area contributed by atoms with Gasteiger partial charge in [-0.1, -0.05) is 13.8 Å². The van der Waals surface area contributed by atoms with Crippen molar-refractivity contribution in [2.45, 2.75) is 30.4 Å². The van der Waals surface area contributed by atoms with E-state index in [0.29, 0.717) is 16.6 Å². The van der Waals surface area contributed by atoms with Gasteiger partial charge in [0.2, 0.25) is 0 Å². The average Bonchev–Trinajstić information content (AvgIpc) is 2.86. The van der Waals surface area contributed by atoms with Crippen LogP contribution in [0.5, 0.6) is 0 Å². The van der Waals surface area contributed by atoms with Crippen LogP contribution in [0.2, 0.25) is 0 Å². The Labute approximate surface area is 124 Å². The minimum Gasteiger partial charge on any atom is -0.478 e. The van der Waals surface area contributed by atoms with Gasteiger partial charge in [-0.3, -0.25) is 0 Å². The molecular formula is C14H14FNO2S2. The number of carboxylic acids is 1. The van der Waals surface area contributed by atoms with Gasteiger partial charge in [-0.05, 0) is 18.2 Å². The Kier molecular flexibility index (Phi) is 4.77. The van der Waals surface area contributed by atoms with Gasteiger partial charge in [0, 0.05) is 21.9 Å². The predicted octanol–water partition coefficient (Wildman–Crippen LogP) is 4.40. The second-order valence-electron chi connectivity index (χ2n) is 4.57. The summed E-state index contributed by atoms with van der Waals surface area (Å²) < 4.78 is 13.6. The van der Waals surface area contributed by atoms with Gasteiger partial charge >= 0.3 is 5.97 Å². The van der Waals surface area contributed by atoms with E-state index >= 15 is 0 Å². The molecule has 3 nitrogen and oxygen atoms in total. The molecule has 0 amide bonds. The highest BCUT2D eigenvalue weighted by Gasteiger charge is 2.11. The molecule has 1 aromatic carbocycles. The van der Waals surface area contributed by atoms with Crippen LogP contribution in [0, 0.1) is 5.82 Å². The lowest BCUT2D eigenvalue weighted by Gasteiger charge is -2.03. The lowest BCUT2D eigenvalue weighted by Crippen LogP contribution is -1.97. The van der Waals surface area contributed by atoms with E-state index in [1.54, 1.807) is 11.3 Å². The number of nitrogens with zero attached hydrogens (tertiary/aromatic N) is 1. The van der Waals surface area contributed by atoms with E-state index in [1.165, 1.54) is 30.0 Å². The van der Waals surface area contributed by atoms with Crippen molar-refractivity contribution >= 4 is 29.1 Å². The number of thioether (sulfide) groups is 1. The third-order valence-electron chi connectivity index (χ3n) is 2.62. The highest BCUT2D eigenvalue weighted by atomic mass is 32.2. The van der Waals surface area contributed by atoms with Crippen molar-refractivity contribution in [3.63, 3.8) is 0 Å². The number of rotatable bonds is 5. The maximum absolute atomic E-state index is 13.6. The van der Waals surface area contributed by atoms with Crippen molar-refractivity contribution in [1.29, 1.82) is 0 Å². The largest absolute Gasteiger partial charge is 0.478 e. The Balaban J connectivity index is 2.09. The van der Waals surface area contributed by atoms with Crippen LogP contribution in [0.1, 0.15) is 40.8 Å². The van der Waals surface area contributed by atoms with Gasteiger partial charge in [0.1, 0.15) is 5.82 Å². The number of benzene rings is 1. The van der Waals surface area contributed by atoms with Crippen molar-refractivity contribution in [3.05, 3.63) is 45.7 Å². The summed E-state index contributed by atoms with van der Waals surface area (Å²) in [5.41, 5.74) is 0.985. The molecule has 2 rings (SSSR count). The van der Waals surface area contributed by atoms with Crippen LogP contribution in [0.15, 0.2) is 28.5 Å². The maximum Gasteiger partial charge on any atom is 0.335 e. The van der Waals surface area contributed by atoms with E-state index in [-0.39, 0.29) is 5.56 Å². The molecule has 0 fully saturated rings. The zero-order valence-electron chi connectivity index (χ0n) is 11.1. The van der Waals surface area contributed by atoms with E-state index in [9.17, 15) is 9.18 Å². The van der Waals surface area contributed by atoms with Crippen LogP contribution < -0.4 is 0 Å². The molecule has 1 heterocycles. The molecule has 1 aromatic heterocycles. The minimum absolute atomic E-state index is 0.0926. The molecule has 2 aromatic rings. The van der Waals surface area contributed by atoms with E-state index < -0.39 is 11.8 Å². The highest BCUT2D eigenvalue weighted by molar-refractivity contribution is 7.98. The molecule has 0 radical (unpaired) electrons. The summed E-state index contributed by atoms with van der Waals surface area (Å²) in [4.78, 5) is 15.7. The quantitative estimate of drug-likeness (QED) is 0.832. The zero-order chi connectivity index (χ0) is 14.7. The molecule has 0 unspecified atom stereocenters. The first kappa shape index (κ1) is 15.0. The van der Waals surface area contributed by atoms with Crippen molar-refractivity contribution in [2.75, 3.05) is 0 Å². The maximum atomic E-state index is 13.6. The Morgan fingerprint density at radius 1 is 1.50 bits per heavy atom. The van der Waals surface area contributed by atoms with Crippen molar-refractivity contribution in [2.24, 2.45) is 0 Å². The van der Waals surface area contributed by atoms with Crippen molar-refractivity contribution < 1.29 is 14.3 Å². The molecule has 0 saturated heterocycles. The van der Waals surface area contributed by atoms with Gasteiger partial charge in [0.15, 0.2) is 0 Å². The zero-order valence-corrected chi connectivity index (χ0v) is 12.7. The number of halogens is 1. The molecule has 0 bridgehead atoms. The van der Waals surface area contributed by atoms with E-state index in [1.807, 2.05) is 5.38 Å². The van der Waals surface area contributed by atoms with E-state index in [2.05, 4.69) is 18.8 Å². The van der Waals surface area contributed by atoms with E-state index in [0.717, 1.165) is 10.7 Å². The summed E-state index contributed by atoms with van der Waals surface area (Å²) in [5, 5.41) is 11.9. The predicted molar refractivity (Wildman–Crippen MR) is 79.1 cm³/mol. The van der Waals surface area contributed by atoms with Gasteiger partial charge in [-0.15, -0.1) is 23.1 Å². The summed E-state index contributed by atoms with van der Waals surface area (Å²) in [7, 11) is 0. The van der Waals surface area contributed by atoms with Crippen molar-refractivity contribution in [1.82, 2.24) is 4.98 Å². The number of aromatic nitrogens is 1. The normalized spacial score (nSPS) is 11.0. The fraction of sp³-hybridized carbons (Fsp3) is 0.286. The standard InChI is InChI=1S/C14H14FNO2S2/c1-8(2)13-16-10(7-20-13)6-19-12-5-9(14(17)18)3-4-11(12)15/h3-5,7-8H,6H2,1-2H3,(H,17,18). The molecule has 0 saturated carbocycles.